The summed E-state index contributed by atoms with van der Waals surface area (Å²) in [5, 5.41) is 0. The quantitative estimate of drug-likeness (QED) is 0.0775. The van der Waals surface area contributed by atoms with Crippen molar-refractivity contribution in [3.63, 3.8) is 0 Å². The minimum absolute atomic E-state index is 0.195. The zero-order valence-corrected chi connectivity index (χ0v) is 24.1. The van der Waals surface area contributed by atoms with Gasteiger partial charge in [-0.2, -0.15) is 0 Å². The number of unbranched alkanes of at least 4 members (excludes halogenated alkanes) is 9. The first kappa shape index (κ1) is 30.9. The van der Waals surface area contributed by atoms with Gasteiger partial charge in [0.1, 0.15) is 12.3 Å². The van der Waals surface area contributed by atoms with Crippen molar-refractivity contribution in [2.24, 2.45) is 0 Å². The third kappa shape index (κ3) is 14.3. The molecule has 0 aliphatic heterocycles. The van der Waals surface area contributed by atoms with E-state index in [0.717, 1.165) is 36.2 Å². The normalized spacial score (nSPS) is 12.3. The number of hydrogen-bond acceptors (Lipinski definition) is 3. The molecular formula is C33H52NO3+. The standard InChI is InChI=1S/C33H52NO3/c1-5-6-7-8-9-10-11-12-13-17-23-31-24-18-19-25-32(31)36-29(2)37-33(35)26-20-27-34(3,4)28-30-21-15-14-16-22-30/h14-16,18-19,21-22,24-25,29H,5-13,17,20,23,26-28H2,1-4H3/q+1. The SMILES string of the molecule is CCCCCCCCCCCCc1ccccc1OC(C)OC(=O)CCC[N+](C)(C)Cc1ccccc1. The highest BCUT2D eigenvalue weighted by Gasteiger charge is 2.18. The number of rotatable bonds is 20. The molecule has 4 nitrogen and oxygen atoms in total. The minimum atomic E-state index is -0.590. The Labute approximate surface area is 227 Å². The average Bonchev–Trinajstić information content (AvgIpc) is 2.86. The highest BCUT2D eigenvalue weighted by Crippen LogP contribution is 2.23. The molecule has 0 aliphatic rings. The van der Waals surface area contributed by atoms with Crippen molar-refractivity contribution >= 4 is 5.97 Å². The molecule has 1 unspecified atom stereocenters. The summed E-state index contributed by atoms with van der Waals surface area (Å²) in [6.07, 6.45) is 14.9. The lowest BCUT2D eigenvalue weighted by Crippen LogP contribution is -2.39. The van der Waals surface area contributed by atoms with Crippen LogP contribution in [-0.2, 0) is 22.5 Å². The summed E-state index contributed by atoms with van der Waals surface area (Å²) < 4.78 is 12.5. The first-order valence-electron chi connectivity index (χ1n) is 14.7. The first-order chi connectivity index (χ1) is 17.9. The van der Waals surface area contributed by atoms with Crippen LogP contribution < -0.4 is 4.74 Å². The van der Waals surface area contributed by atoms with Gasteiger partial charge in [0.05, 0.1) is 27.1 Å². The van der Waals surface area contributed by atoms with Crippen LogP contribution >= 0.6 is 0 Å². The van der Waals surface area contributed by atoms with Crippen LogP contribution in [0, 0.1) is 0 Å². The van der Waals surface area contributed by atoms with E-state index in [1.165, 1.54) is 75.3 Å². The van der Waals surface area contributed by atoms with E-state index in [0.29, 0.717) is 6.42 Å². The second kappa shape index (κ2) is 18.0. The van der Waals surface area contributed by atoms with Gasteiger partial charge in [-0.25, -0.2) is 0 Å². The summed E-state index contributed by atoms with van der Waals surface area (Å²) in [5.74, 6) is 0.638. The summed E-state index contributed by atoms with van der Waals surface area (Å²) in [6, 6.07) is 18.7. The number of ether oxygens (including phenoxy) is 2. The number of carbonyl (C=O) groups is 1. The van der Waals surface area contributed by atoms with E-state index < -0.39 is 6.29 Å². The number of benzene rings is 2. The van der Waals surface area contributed by atoms with Crippen LogP contribution in [0.5, 0.6) is 5.75 Å². The Balaban J connectivity index is 1.63. The molecule has 0 bridgehead atoms. The van der Waals surface area contributed by atoms with Gasteiger partial charge in [-0.05, 0) is 24.5 Å². The predicted molar refractivity (Wildman–Crippen MR) is 155 cm³/mol. The molecule has 0 fully saturated rings. The molecule has 2 rings (SSSR count). The van der Waals surface area contributed by atoms with E-state index in [2.05, 4.69) is 57.4 Å². The number of carbonyl (C=O) groups excluding carboxylic acids is 1. The first-order valence-corrected chi connectivity index (χ1v) is 14.7. The van der Waals surface area contributed by atoms with Gasteiger partial charge in [-0.15, -0.1) is 0 Å². The lowest BCUT2D eigenvalue weighted by molar-refractivity contribution is -0.903. The number of hydrogen-bond donors (Lipinski definition) is 0. The lowest BCUT2D eigenvalue weighted by Gasteiger charge is -2.30. The Kier molecular flexibility index (Phi) is 15.0. The second-order valence-electron chi connectivity index (χ2n) is 11.1. The van der Waals surface area contributed by atoms with E-state index in [1.807, 2.05) is 25.1 Å². The Morgan fingerprint density at radius 1 is 0.784 bits per heavy atom. The number of quaternary nitrogens is 1. The molecule has 0 radical (unpaired) electrons. The minimum Gasteiger partial charge on any atom is -0.455 e. The van der Waals surface area contributed by atoms with Crippen molar-refractivity contribution in [1.29, 1.82) is 0 Å². The van der Waals surface area contributed by atoms with Gasteiger partial charge in [-0.3, -0.25) is 4.79 Å². The Morgan fingerprint density at radius 2 is 1.38 bits per heavy atom. The van der Waals surface area contributed by atoms with Crippen molar-refractivity contribution in [3.8, 4) is 5.75 Å². The second-order valence-corrected chi connectivity index (χ2v) is 11.1. The molecule has 4 heteroatoms. The maximum Gasteiger partial charge on any atom is 0.309 e. The van der Waals surface area contributed by atoms with E-state index in [9.17, 15) is 4.79 Å². The number of nitrogens with zero attached hydrogens (tertiary/aromatic N) is 1. The highest BCUT2D eigenvalue weighted by molar-refractivity contribution is 5.69. The lowest BCUT2D eigenvalue weighted by atomic mass is 10.0. The summed E-state index contributed by atoms with van der Waals surface area (Å²) in [6.45, 7) is 5.95. The Hall–Kier alpha value is -2.33. The van der Waals surface area contributed by atoms with Crippen LogP contribution in [0.3, 0.4) is 0 Å². The fourth-order valence-corrected chi connectivity index (χ4v) is 4.88. The van der Waals surface area contributed by atoms with Crippen LogP contribution in [0.1, 0.15) is 102 Å². The molecule has 0 amide bonds. The van der Waals surface area contributed by atoms with Crippen LogP contribution in [0.25, 0.3) is 0 Å². The van der Waals surface area contributed by atoms with Gasteiger partial charge in [0, 0.05) is 18.9 Å². The van der Waals surface area contributed by atoms with Gasteiger partial charge in [0.25, 0.3) is 0 Å². The molecule has 37 heavy (non-hydrogen) atoms. The van der Waals surface area contributed by atoms with Crippen LogP contribution in [0.4, 0.5) is 0 Å². The predicted octanol–water partition coefficient (Wildman–Crippen LogP) is 8.47. The van der Waals surface area contributed by atoms with Crippen molar-refractivity contribution in [1.82, 2.24) is 0 Å². The molecule has 0 aliphatic carbocycles. The largest absolute Gasteiger partial charge is 0.455 e. The van der Waals surface area contributed by atoms with Gasteiger partial charge in [0.15, 0.2) is 0 Å². The summed E-state index contributed by atoms with van der Waals surface area (Å²) in [7, 11) is 4.41. The molecule has 0 heterocycles. The van der Waals surface area contributed by atoms with Crippen molar-refractivity contribution in [2.75, 3.05) is 20.6 Å². The molecular weight excluding hydrogens is 458 g/mol. The van der Waals surface area contributed by atoms with Crippen LogP contribution in [0.2, 0.25) is 0 Å². The number of para-hydroxylation sites is 1. The average molecular weight is 511 g/mol. The van der Waals surface area contributed by atoms with Crippen molar-refractivity contribution in [3.05, 3.63) is 65.7 Å². The zero-order valence-electron chi connectivity index (χ0n) is 24.1. The highest BCUT2D eigenvalue weighted by atomic mass is 16.7. The summed E-state index contributed by atoms with van der Waals surface area (Å²) >= 11 is 0. The molecule has 0 saturated heterocycles. The van der Waals surface area contributed by atoms with E-state index >= 15 is 0 Å². The summed E-state index contributed by atoms with van der Waals surface area (Å²) in [5.41, 5.74) is 2.51. The number of aryl methyl sites for hydroxylation is 1. The smallest absolute Gasteiger partial charge is 0.309 e. The van der Waals surface area contributed by atoms with E-state index in [4.69, 9.17) is 9.47 Å². The molecule has 2 aromatic rings. The number of esters is 1. The Morgan fingerprint density at radius 3 is 2.05 bits per heavy atom. The molecule has 0 N–H and O–H groups in total. The summed E-state index contributed by atoms with van der Waals surface area (Å²) in [4.78, 5) is 12.4. The van der Waals surface area contributed by atoms with Gasteiger partial charge in [-0.1, -0.05) is 113 Å². The third-order valence-corrected chi connectivity index (χ3v) is 6.96. The maximum absolute atomic E-state index is 12.4. The zero-order chi connectivity index (χ0) is 26.8. The van der Waals surface area contributed by atoms with Gasteiger partial charge in [0.2, 0.25) is 6.29 Å². The van der Waals surface area contributed by atoms with E-state index in [-0.39, 0.29) is 5.97 Å². The van der Waals surface area contributed by atoms with Crippen LogP contribution in [0.15, 0.2) is 54.6 Å². The van der Waals surface area contributed by atoms with Crippen molar-refractivity contribution in [2.45, 2.75) is 110 Å². The molecule has 1 atom stereocenters. The maximum atomic E-state index is 12.4. The van der Waals surface area contributed by atoms with Crippen molar-refractivity contribution < 1.29 is 18.8 Å². The molecule has 2 aromatic carbocycles. The Bertz CT molecular complexity index is 865. The molecule has 0 saturated carbocycles. The molecule has 0 spiro atoms. The van der Waals surface area contributed by atoms with E-state index in [1.54, 1.807) is 0 Å². The fourth-order valence-electron chi connectivity index (χ4n) is 4.88. The monoisotopic (exact) mass is 510 g/mol. The van der Waals surface area contributed by atoms with Gasteiger partial charge < -0.3 is 14.0 Å². The fraction of sp³-hybridized carbons (Fsp3) is 0.606. The topological polar surface area (TPSA) is 35.5 Å². The van der Waals surface area contributed by atoms with Crippen LogP contribution in [-0.4, -0.2) is 37.4 Å². The van der Waals surface area contributed by atoms with Gasteiger partial charge >= 0.3 is 5.97 Å². The third-order valence-electron chi connectivity index (χ3n) is 6.96. The molecule has 206 valence electrons. The molecule has 0 aromatic heterocycles.